The number of carbonyl (C=O) groups is 2. The molecular weight excluding hydrogens is 262 g/mol. The molecule has 0 aliphatic carbocycles. The number of rotatable bonds is 4. The molecule has 7 heteroatoms. The van der Waals surface area contributed by atoms with Crippen LogP contribution in [0.15, 0.2) is 18.3 Å². The fraction of sp³-hybridized carbons (Fsp3) is 0.462. The van der Waals surface area contributed by atoms with Crippen LogP contribution in [-0.2, 0) is 4.74 Å². The van der Waals surface area contributed by atoms with E-state index in [0.29, 0.717) is 18.2 Å². The molecule has 20 heavy (non-hydrogen) atoms. The van der Waals surface area contributed by atoms with Gasteiger partial charge in [0, 0.05) is 19.1 Å². The highest BCUT2D eigenvalue weighted by Crippen LogP contribution is 2.19. The number of carboxylic acid groups (broad SMARTS) is 1. The van der Waals surface area contributed by atoms with Crippen molar-refractivity contribution in [3.8, 4) is 0 Å². The van der Waals surface area contributed by atoms with Crippen molar-refractivity contribution in [1.82, 2.24) is 10.3 Å². The van der Waals surface area contributed by atoms with Crippen LogP contribution < -0.4 is 10.6 Å². The van der Waals surface area contributed by atoms with Gasteiger partial charge in [-0.2, -0.15) is 0 Å². The summed E-state index contributed by atoms with van der Waals surface area (Å²) in [5.41, 5.74) is 0.385. The van der Waals surface area contributed by atoms with Gasteiger partial charge >= 0.3 is 12.0 Å². The van der Waals surface area contributed by atoms with Gasteiger partial charge in [-0.25, -0.2) is 14.6 Å². The summed E-state index contributed by atoms with van der Waals surface area (Å²) in [5.74, 6) is -0.774. The van der Waals surface area contributed by atoms with E-state index in [1.807, 2.05) is 6.92 Å². The van der Waals surface area contributed by atoms with Crippen molar-refractivity contribution in [1.29, 1.82) is 0 Å². The molecule has 1 aliphatic heterocycles. The van der Waals surface area contributed by atoms with Gasteiger partial charge in [0.2, 0.25) is 0 Å². The summed E-state index contributed by atoms with van der Waals surface area (Å²) in [4.78, 5) is 26.0. The molecule has 108 valence electrons. The lowest BCUT2D eigenvalue weighted by molar-refractivity contribution is 0.0690. The first-order valence-electron chi connectivity index (χ1n) is 6.42. The molecule has 2 atom stereocenters. The van der Waals surface area contributed by atoms with Crippen LogP contribution in [0.25, 0.3) is 0 Å². The lowest BCUT2D eigenvalue weighted by Gasteiger charge is -2.15. The Labute approximate surface area is 116 Å². The zero-order valence-corrected chi connectivity index (χ0v) is 11.1. The van der Waals surface area contributed by atoms with Crippen molar-refractivity contribution in [3.63, 3.8) is 0 Å². The molecule has 0 aromatic carbocycles. The van der Waals surface area contributed by atoms with Crippen molar-refractivity contribution in [2.45, 2.75) is 19.4 Å². The summed E-state index contributed by atoms with van der Waals surface area (Å²) in [6.07, 6.45) is 2.41. The van der Waals surface area contributed by atoms with E-state index in [-0.39, 0.29) is 17.8 Å². The smallest absolute Gasteiger partial charge is 0.354 e. The van der Waals surface area contributed by atoms with Crippen molar-refractivity contribution in [2.24, 2.45) is 5.92 Å². The van der Waals surface area contributed by atoms with Gasteiger partial charge < -0.3 is 20.5 Å². The number of urea groups is 1. The van der Waals surface area contributed by atoms with Crippen LogP contribution in [0.5, 0.6) is 0 Å². The van der Waals surface area contributed by atoms with Gasteiger partial charge in [0.25, 0.3) is 0 Å². The number of aromatic nitrogens is 1. The largest absolute Gasteiger partial charge is 0.477 e. The highest BCUT2D eigenvalue weighted by Gasteiger charge is 2.24. The van der Waals surface area contributed by atoms with Crippen LogP contribution in [-0.4, -0.2) is 41.3 Å². The maximum Gasteiger partial charge on any atom is 0.354 e. The van der Waals surface area contributed by atoms with E-state index in [0.717, 1.165) is 13.0 Å². The maximum atomic E-state index is 11.7. The lowest BCUT2D eigenvalue weighted by atomic mass is 10.0. The van der Waals surface area contributed by atoms with Crippen LogP contribution in [0.2, 0.25) is 0 Å². The molecule has 1 aliphatic rings. The molecule has 1 aromatic rings. The van der Waals surface area contributed by atoms with E-state index in [4.69, 9.17) is 9.84 Å². The predicted molar refractivity (Wildman–Crippen MR) is 71.7 cm³/mol. The number of hydrogen-bond donors (Lipinski definition) is 3. The molecule has 0 radical (unpaired) electrons. The Morgan fingerprint density at radius 3 is 2.85 bits per heavy atom. The molecule has 1 aromatic heterocycles. The fourth-order valence-corrected chi connectivity index (χ4v) is 2.04. The first kappa shape index (κ1) is 14.3. The number of anilines is 1. The Kier molecular flexibility index (Phi) is 4.52. The zero-order chi connectivity index (χ0) is 14.5. The first-order chi connectivity index (χ1) is 9.56. The number of carboxylic acids is 1. The van der Waals surface area contributed by atoms with Crippen LogP contribution in [0.1, 0.15) is 23.8 Å². The van der Waals surface area contributed by atoms with Gasteiger partial charge in [0.15, 0.2) is 0 Å². The van der Waals surface area contributed by atoms with Gasteiger partial charge in [-0.3, -0.25) is 0 Å². The summed E-state index contributed by atoms with van der Waals surface area (Å²) >= 11 is 0. The van der Waals surface area contributed by atoms with Gasteiger partial charge in [0.05, 0.1) is 18.0 Å². The van der Waals surface area contributed by atoms with Crippen molar-refractivity contribution < 1.29 is 19.4 Å². The van der Waals surface area contributed by atoms with Gasteiger partial charge in [-0.1, -0.05) is 0 Å². The molecule has 2 unspecified atom stereocenters. The summed E-state index contributed by atoms with van der Waals surface area (Å²) in [5, 5.41) is 14.1. The molecule has 2 amide bonds. The Bertz CT molecular complexity index is 489. The minimum absolute atomic E-state index is 0.0621. The molecule has 3 N–H and O–H groups in total. The third-order valence-electron chi connectivity index (χ3n) is 3.30. The molecule has 2 heterocycles. The summed E-state index contributed by atoms with van der Waals surface area (Å²) in [6.45, 7) is 3.27. The molecule has 0 saturated carbocycles. The number of amides is 2. The molecule has 7 nitrogen and oxygen atoms in total. The summed E-state index contributed by atoms with van der Waals surface area (Å²) in [6, 6.07) is 2.50. The number of nitrogens with zero attached hydrogens (tertiary/aromatic N) is 1. The van der Waals surface area contributed by atoms with Crippen molar-refractivity contribution >= 4 is 17.7 Å². The van der Waals surface area contributed by atoms with Crippen LogP contribution in [0, 0.1) is 5.92 Å². The number of pyridine rings is 1. The summed E-state index contributed by atoms with van der Waals surface area (Å²) < 4.78 is 5.41. The maximum absolute atomic E-state index is 11.7. The Morgan fingerprint density at radius 2 is 2.30 bits per heavy atom. The zero-order valence-electron chi connectivity index (χ0n) is 11.1. The quantitative estimate of drug-likeness (QED) is 0.772. The second kappa shape index (κ2) is 6.33. The predicted octanol–water partition coefficient (Wildman–Crippen LogP) is 1.33. The fourth-order valence-electron chi connectivity index (χ4n) is 2.04. The van der Waals surface area contributed by atoms with E-state index >= 15 is 0 Å². The highest BCUT2D eigenvalue weighted by molar-refractivity contribution is 5.90. The third-order valence-corrected chi connectivity index (χ3v) is 3.30. The number of nitrogens with one attached hydrogen (secondary N) is 2. The van der Waals surface area contributed by atoms with Crippen LogP contribution in [0.4, 0.5) is 10.5 Å². The number of carbonyl (C=O) groups excluding carboxylic acids is 1. The normalized spacial score (nSPS) is 21.4. The number of hydrogen-bond acceptors (Lipinski definition) is 4. The highest BCUT2D eigenvalue weighted by atomic mass is 16.5. The molecule has 0 spiro atoms. The van der Waals surface area contributed by atoms with Crippen LogP contribution >= 0.6 is 0 Å². The monoisotopic (exact) mass is 279 g/mol. The molecule has 2 rings (SSSR count). The van der Waals surface area contributed by atoms with E-state index in [1.54, 1.807) is 0 Å². The second-order valence-electron chi connectivity index (χ2n) is 4.70. The minimum Gasteiger partial charge on any atom is -0.477 e. The Hall–Kier alpha value is -2.15. The van der Waals surface area contributed by atoms with E-state index in [2.05, 4.69) is 15.6 Å². The minimum atomic E-state index is -1.10. The average Bonchev–Trinajstić information content (AvgIpc) is 2.82. The molecular formula is C13H17N3O4. The topological polar surface area (TPSA) is 101 Å². The Balaban J connectivity index is 1.80. The van der Waals surface area contributed by atoms with Gasteiger partial charge in [0.1, 0.15) is 5.69 Å². The van der Waals surface area contributed by atoms with Crippen LogP contribution in [0.3, 0.4) is 0 Å². The van der Waals surface area contributed by atoms with Crippen molar-refractivity contribution in [2.75, 3.05) is 18.5 Å². The Morgan fingerprint density at radius 1 is 1.50 bits per heavy atom. The SMILES string of the molecule is CC1OCCC1CNC(=O)Nc1ccc(C(=O)O)nc1. The van der Waals surface area contributed by atoms with E-state index in [9.17, 15) is 9.59 Å². The number of aromatic carboxylic acids is 1. The average molecular weight is 279 g/mol. The van der Waals surface area contributed by atoms with E-state index < -0.39 is 5.97 Å². The van der Waals surface area contributed by atoms with Crippen molar-refractivity contribution in [3.05, 3.63) is 24.0 Å². The molecule has 1 fully saturated rings. The molecule has 0 bridgehead atoms. The second-order valence-corrected chi connectivity index (χ2v) is 4.70. The summed E-state index contributed by atoms with van der Waals surface area (Å²) in [7, 11) is 0. The molecule has 1 saturated heterocycles. The van der Waals surface area contributed by atoms with E-state index in [1.165, 1.54) is 18.3 Å². The van der Waals surface area contributed by atoms with Gasteiger partial charge in [-0.05, 0) is 25.5 Å². The van der Waals surface area contributed by atoms with Gasteiger partial charge in [-0.15, -0.1) is 0 Å². The first-order valence-corrected chi connectivity index (χ1v) is 6.42. The number of ether oxygens (including phenoxy) is 1. The standard InChI is InChI=1S/C13H17N3O4/c1-8-9(4-5-20-8)6-15-13(19)16-10-2-3-11(12(17)18)14-7-10/h2-3,7-9H,4-6H2,1H3,(H,17,18)(H2,15,16,19). The third kappa shape index (κ3) is 3.67. The lowest BCUT2D eigenvalue weighted by Crippen LogP contribution is -2.35.